The van der Waals surface area contributed by atoms with Crippen molar-refractivity contribution in [2.75, 3.05) is 42.9 Å². The summed E-state index contributed by atoms with van der Waals surface area (Å²) in [5.41, 5.74) is 1.46. The number of anilines is 2. The molecule has 0 radical (unpaired) electrons. The molecule has 23 heavy (non-hydrogen) atoms. The van der Waals surface area contributed by atoms with Gasteiger partial charge in [0.1, 0.15) is 0 Å². The molecule has 0 atom stereocenters. The third-order valence-electron chi connectivity index (χ3n) is 4.62. The summed E-state index contributed by atoms with van der Waals surface area (Å²) in [5.74, 6) is -1.03. The molecule has 1 aromatic carbocycles. The van der Waals surface area contributed by atoms with Gasteiger partial charge in [0.15, 0.2) is 0 Å². The van der Waals surface area contributed by atoms with E-state index in [0.717, 1.165) is 51.3 Å². The Morgan fingerprint density at radius 3 is 2.48 bits per heavy atom. The fourth-order valence-electron chi connectivity index (χ4n) is 2.92. The number of hydrogen-bond donors (Lipinski definition) is 2. The van der Waals surface area contributed by atoms with E-state index in [2.05, 4.69) is 22.0 Å². The van der Waals surface area contributed by atoms with Gasteiger partial charge in [-0.2, -0.15) is 0 Å². The largest absolute Gasteiger partial charge is 0.478 e. The first-order valence-corrected chi connectivity index (χ1v) is 8.24. The molecular formula is C17H23N3O3. The molecule has 1 aliphatic heterocycles. The van der Waals surface area contributed by atoms with Crippen LogP contribution >= 0.6 is 0 Å². The van der Waals surface area contributed by atoms with Gasteiger partial charge in [-0.05, 0) is 37.6 Å². The van der Waals surface area contributed by atoms with Crippen LogP contribution in [0.15, 0.2) is 18.2 Å². The molecule has 0 bridgehead atoms. The zero-order valence-corrected chi connectivity index (χ0v) is 13.4. The van der Waals surface area contributed by atoms with Crippen molar-refractivity contribution in [3.8, 4) is 0 Å². The number of amides is 1. The van der Waals surface area contributed by atoms with Crippen LogP contribution in [0.1, 0.15) is 30.1 Å². The van der Waals surface area contributed by atoms with E-state index >= 15 is 0 Å². The quantitative estimate of drug-likeness (QED) is 0.867. The average molecular weight is 317 g/mol. The summed E-state index contributed by atoms with van der Waals surface area (Å²) >= 11 is 0. The number of aromatic carboxylic acids is 1. The number of carboxylic acids is 1. The van der Waals surface area contributed by atoms with Crippen molar-refractivity contribution in [1.29, 1.82) is 0 Å². The SMILES string of the molecule is CCN1CCN(c2ccc(NC(=O)C3CC3)c(C(=O)O)c2)CC1. The van der Waals surface area contributed by atoms with Gasteiger partial charge in [0.05, 0.1) is 11.3 Å². The van der Waals surface area contributed by atoms with Crippen molar-refractivity contribution in [2.45, 2.75) is 19.8 Å². The zero-order valence-electron chi connectivity index (χ0n) is 13.4. The number of nitrogens with one attached hydrogen (secondary N) is 1. The second-order valence-electron chi connectivity index (χ2n) is 6.22. The molecule has 0 spiro atoms. The molecular weight excluding hydrogens is 294 g/mol. The summed E-state index contributed by atoms with van der Waals surface area (Å²) in [6, 6.07) is 5.29. The number of hydrogen-bond acceptors (Lipinski definition) is 4. The molecule has 2 N–H and O–H groups in total. The molecule has 1 saturated carbocycles. The summed E-state index contributed by atoms with van der Waals surface area (Å²) in [6.45, 7) is 6.94. The Balaban J connectivity index is 1.76. The standard InChI is InChI=1S/C17H23N3O3/c1-2-19-7-9-20(10-8-19)13-5-6-15(14(11-13)17(22)23)18-16(21)12-3-4-12/h5-6,11-12H,2-4,7-10H2,1H3,(H,18,21)(H,22,23). The Morgan fingerprint density at radius 2 is 1.91 bits per heavy atom. The van der Waals surface area contributed by atoms with Gasteiger partial charge in [-0.15, -0.1) is 0 Å². The van der Waals surface area contributed by atoms with Crippen molar-refractivity contribution < 1.29 is 14.7 Å². The number of carboxylic acid groups (broad SMARTS) is 1. The van der Waals surface area contributed by atoms with E-state index in [0.29, 0.717) is 5.69 Å². The Bertz CT molecular complexity index is 605. The molecule has 124 valence electrons. The third kappa shape index (κ3) is 3.64. The predicted octanol–water partition coefficient (Wildman–Crippen LogP) is 1.88. The minimum Gasteiger partial charge on any atom is -0.478 e. The second-order valence-corrected chi connectivity index (χ2v) is 6.22. The maximum atomic E-state index is 11.9. The van der Waals surface area contributed by atoms with Crippen molar-refractivity contribution in [3.63, 3.8) is 0 Å². The number of likely N-dealkylation sites (N-methyl/N-ethyl adjacent to an activating group) is 1. The lowest BCUT2D eigenvalue weighted by atomic mass is 10.1. The number of rotatable bonds is 5. The van der Waals surface area contributed by atoms with Crippen LogP contribution in [0.2, 0.25) is 0 Å². The Labute approximate surface area is 136 Å². The van der Waals surface area contributed by atoms with Crippen LogP contribution in [-0.2, 0) is 4.79 Å². The van der Waals surface area contributed by atoms with E-state index in [9.17, 15) is 14.7 Å². The summed E-state index contributed by atoms with van der Waals surface area (Å²) in [4.78, 5) is 28.0. The predicted molar refractivity (Wildman–Crippen MR) is 89.1 cm³/mol. The summed E-state index contributed by atoms with van der Waals surface area (Å²) < 4.78 is 0. The molecule has 0 aromatic heterocycles. The molecule has 1 saturated heterocycles. The molecule has 1 heterocycles. The molecule has 6 nitrogen and oxygen atoms in total. The smallest absolute Gasteiger partial charge is 0.337 e. The van der Waals surface area contributed by atoms with E-state index < -0.39 is 5.97 Å². The molecule has 3 rings (SSSR count). The topological polar surface area (TPSA) is 72.9 Å². The number of benzene rings is 1. The first kappa shape index (κ1) is 15.8. The molecule has 6 heteroatoms. The molecule has 0 unspecified atom stereocenters. The zero-order chi connectivity index (χ0) is 16.4. The van der Waals surface area contributed by atoms with E-state index in [4.69, 9.17) is 0 Å². The lowest BCUT2D eigenvalue weighted by Gasteiger charge is -2.35. The Hall–Kier alpha value is -2.08. The van der Waals surface area contributed by atoms with Gasteiger partial charge in [0.2, 0.25) is 5.91 Å². The summed E-state index contributed by atoms with van der Waals surface area (Å²) in [7, 11) is 0. The van der Waals surface area contributed by atoms with E-state index in [1.54, 1.807) is 12.1 Å². The maximum absolute atomic E-state index is 11.9. The minimum absolute atomic E-state index is 0.0541. The maximum Gasteiger partial charge on any atom is 0.337 e. The molecule has 2 aliphatic rings. The van der Waals surface area contributed by atoms with Crippen molar-refractivity contribution in [2.24, 2.45) is 5.92 Å². The van der Waals surface area contributed by atoms with Gasteiger partial charge >= 0.3 is 5.97 Å². The minimum atomic E-state index is -1.01. The lowest BCUT2D eigenvalue weighted by Crippen LogP contribution is -2.46. The van der Waals surface area contributed by atoms with Crippen LogP contribution in [0, 0.1) is 5.92 Å². The van der Waals surface area contributed by atoms with Crippen molar-refractivity contribution in [1.82, 2.24) is 4.90 Å². The van der Waals surface area contributed by atoms with Crippen molar-refractivity contribution in [3.05, 3.63) is 23.8 Å². The fraction of sp³-hybridized carbons (Fsp3) is 0.529. The molecule has 1 amide bonds. The normalized spacial score (nSPS) is 18.7. The van der Waals surface area contributed by atoms with Gasteiger partial charge in [0, 0.05) is 37.8 Å². The number of nitrogens with zero attached hydrogens (tertiary/aromatic N) is 2. The number of carbonyl (C=O) groups excluding carboxylic acids is 1. The van der Waals surface area contributed by atoms with Gasteiger partial charge < -0.3 is 20.2 Å². The highest BCUT2D eigenvalue weighted by Crippen LogP contribution is 2.31. The number of piperazine rings is 1. The highest BCUT2D eigenvalue weighted by molar-refractivity contribution is 6.02. The Morgan fingerprint density at radius 1 is 1.22 bits per heavy atom. The second kappa shape index (κ2) is 6.58. The van der Waals surface area contributed by atoms with Crippen LogP contribution in [-0.4, -0.2) is 54.6 Å². The van der Waals surface area contributed by atoms with Gasteiger partial charge in [-0.1, -0.05) is 6.92 Å². The van der Waals surface area contributed by atoms with Gasteiger partial charge in [0.25, 0.3) is 0 Å². The molecule has 1 aromatic rings. The van der Waals surface area contributed by atoms with Crippen LogP contribution in [0.4, 0.5) is 11.4 Å². The molecule has 2 fully saturated rings. The first-order chi connectivity index (χ1) is 11.1. The van der Waals surface area contributed by atoms with E-state index in [-0.39, 0.29) is 17.4 Å². The third-order valence-corrected chi connectivity index (χ3v) is 4.62. The van der Waals surface area contributed by atoms with E-state index in [1.165, 1.54) is 0 Å². The first-order valence-electron chi connectivity index (χ1n) is 8.24. The summed E-state index contributed by atoms with van der Waals surface area (Å²) in [6.07, 6.45) is 1.79. The molecule has 1 aliphatic carbocycles. The highest BCUT2D eigenvalue weighted by Gasteiger charge is 2.30. The highest BCUT2D eigenvalue weighted by atomic mass is 16.4. The van der Waals surface area contributed by atoms with Gasteiger partial charge in [-0.3, -0.25) is 4.79 Å². The Kier molecular flexibility index (Phi) is 4.52. The van der Waals surface area contributed by atoms with E-state index in [1.807, 2.05) is 6.07 Å². The van der Waals surface area contributed by atoms with Crippen molar-refractivity contribution >= 4 is 23.3 Å². The van der Waals surface area contributed by atoms with Crippen LogP contribution in [0.5, 0.6) is 0 Å². The van der Waals surface area contributed by atoms with Crippen LogP contribution < -0.4 is 10.2 Å². The number of carbonyl (C=O) groups is 2. The monoisotopic (exact) mass is 317 g/mol. The van der Waals surface area contributed by atoms with Crippen LogP contribution in [0.25, 0.3) is 0 Å². The fourth-order valence-corrected chi connectivity index (χ4v) is 2.92. The van der Waals surface area contributed by atoms with Gasteiger partial charge in [-0.25, -0.2) is 4.79 Å². The lowest BCUT2D eigenvalue weighted by molar-refractivity contribution is -0.117. The summed E-state index contributed by atoms with van der Waals surface area (Å²) in [5, 5.41) is 12.2. The van der Waals surface area contributed by atoms with Crippen LogP contribution in [0.3, 0.4) is 0 Å². The average Bonchev–Trinajstić information content (AvgIpc) is 3.40.